The molecule has 0 aliphatic carbocycles. The molecule has 1 aromatic carbocycles. The van der Waals surface area contributed by atoms with E-state index in [0.717, 1.165) is 12.8 Å². The fourth-order valence-corrected chi connectivity index (χ4v) is 2.71. The molecule has 1 aromatic rings. The first kappa shape index (κ1) is 17.3. The van der Waals surface area contributed by atoms with Crippen LogP contribution >= 0.6 is 0 Å². The number of likely N-dealkylation sites (tertiary alicyclic amines) is 1. The van der Waals surface area contributed by atoms with Crippen LogP contribution in [-0.2, 0) is 4.74 Å². The van der Waals surface area contributed by atoms with Gasteiger partial charge >= 0.3 is 5.97 Å². The second-order valence-corrected chi connectivity index (χ2v) is 5.93. The zero-order chi connectivity index (χ0) is 17.0. The van der Waals surface area contributed by atoms with Gasteiger partial charge in [-0.25, -0.2) is 4.79 Å². The summed E-state index contributed by atoms with van der Waals surface area (Å²) in [5, 5.41) is 9.17. The van der Waals surface area contributed by atoms with E-state index in [9.17, 15) is 14.7 Å². The van der Waals surface area contributed by atoms with Gasteiger partial charge in [-0.2, -0.15) is 0 Å². The molecular weight excluding hydrogens is 298 g/mol. The number of rotatable bonds is 6. The van der Waals surface area contributed by atoms with E-state index >= 15 is 0 Å². The highest BCUT2D eigenvalue weighted by atomic mass is 16.5. The molecule has 0 saturated carbocycles. The predicted octanol–water partition coefficient (Wildman–Crippen LogP) is 2.42. The Labute approximate surface area is 136 Å². The maximum absolute atomic E-state index is 12.8. The molecular formula is C17H23NO5. The van der Waals surface area contributed by atoms with E-state index in [1.54, 1.807) is 11.0 Å². The first-order valence-corrected chi connectivity index (χ1v) is 7.77. The zero-order valence-corrected chi connectivity index (χ0v) is 13.7. The minimum absolute atomic E-state index is 0.0318. The molecule has 0 radical (unpaired) electrons. The normalized spacial score (nSPS) is 17.6. The summed E-state index contributed by atoms with van der Waals surface area (Å²) >= 11 is 0. The number of methoxy groups -OCH3 is 1. The Bertz CT molecular complexity index is 584. The number of amides is 1. The number of hydrogen-bond acceptors (Lipinski definition) is 4. The van der Waals surface area contributed by atoms with Crippen LogP contribution in [0.2, 0.25) is 0 Å². The molecule has 1 aliphatic rings. The third-order valence-electron chi connectivity index (χ3n) is 3.90. The molecule has 6 heteroatoms. The van der Waals surface area contributed by atoms with Gasteiger partial charge in [-0.3, -0.25) is 4.79 Å². The minimum Gasteiger partial charge on any atom is -0.497 e. The van der Waals surface area contributed by atoms with Gasteiger partial charge in [-0.05, 0) is 44.9 Å². The standard InChI is InChI=1S/C17H23NO5/c1-11(2)23-10-14-5-4-6-18(14)16(19)12-7-13(17(20)21)9-15(8-12)22-3/h7-9,11,14H,4-6,10H2,1-3H3,(H,20,21)/t14-/m1/s1. The van der Waals surface area contributed by atoms with Crippen molar-refractivity contribution in [2.24, 2.45) is 0 Å². The van der Waals surface area contributed by atoms with Crippen LogP contribution in [0.4, 0.5) is 0 Å². The van der Waals surface area contributed by atoms with E-state index in [-0.39, 0.29) is 23.6 Å². The number of carboxylic acids is 1. The van der Waals surface area contributed by atoms with E-state index in [2.05, 4.69) is 0 Å². The Morgan fingerprint density at radius 3 is 2.61 bits per heavy atom. The molecule has 6 nitrogen and oxygen atoms in total. The van der Waals surface area contributed by atoms with Gasteiger partial charge in [0.1, 0.15) is 5.75 Å². The summed E-state index contributed by atoms with van der Waals surface area (Å²) in [5.41, 5.74) is 0.375. The third-order valence-corrected chi connectivity index (χ3v) is 3.90. The first-order chi connectivity index (χ1) is 10.9. The lowest BCUT2D eigenvalue weighted by Crippen LogP contribution is -2.38. The highest BCUT2D eigenvalue weighted by Gasteiger charge is 2.30. The quantitative estimate of drug-likeness (QED) is 0.871. The van der Waals surface area contributed by atoms with Gasteiger partial charge in [-0.1, -0.05) is 0 Å². The van der Waals surface area contributed by atoms with Crippen molar-refractivity contribution in [3.8, 4) is 5.75 Å². The summed E-state index contributed by atoms with van der Waals surface area (Å²) in [6.07, 6.45) is 1.94. The Morgan fingerprint density at radius 1 is 1.30 bits per heavy atom. The maximum Gasteiger partial charge on any atom is 0.335 e. The monoisotopic (exact) mass is 321 g/mol. The number of hydrogen-bond donors (Lipinski definition) is 1. The lowest BCUT2D eigenvalue weighted by Gasteiger charge is -2.25. The minimum atomic E-state index is -1.08. The summed E-state index contributed by atoms with van der Waals surface area (Å²) in [5.74, 6) is -0.900. The third kappa shape index (κ3) is 4.22. The predicted molar refractivity (Wildman–Crippen MR) is 85.1 cm³/mol. The SMILES string of the molecule is COc1cc(C(=O)O)cc(C(=O)N2CCC[C@@H]2COC(C)C)c1. The van der Waals surface area contributed by atoms with Crippen molar-refractivity contribution in [1.29, 1.82) is 0 Å². The Balaban J connectivity index is 2.21. The van der Waals surface area contributed by atoms with Gasteiger partial charge in [0, 0.05) is 12.1 Å². The highest BCUT2D eigenvalue weighted by molar-refractivity contribution is 5.98. The molecule has 1 atom stereocenters. The van der Waals surface area contributed by atoms with Crippen molar-refractivity contribution in [3.05, 3.63) is 29.3 Å². The highest BCUT2D eigenvalue weighted by Crippen LogP contribution is 2.24. The summed E-state index contributed by atoms with van der Waals surface area (Å²) in [7, 11) is 1.45. The van der Waals surface area contributed by atoms with Crippen molar-refractivity contribution < 1.29 is 24.2 Å². The van der Waals surface area contributed by atoms with Crippen LogP contribution < -0.4 is 4.74 Å². The van der Waals surface area contributed by atoms with Crippen LogP contribution in [0, 0.1) is 0 Å². The number of carbonyl (C=O) groups excluding carboxylic acids is 1. The van der Waals surface area contributed by atoms with E-state index in [1.165, 1.54) is 19.2 Å². The summed E-state index contributed by atoms with van der Waals surface area (Å²) < 4.78 is 10.7. The zero-order valence-electron chi connectivity index (χ0n) is 13.7. The number of ether oxygens (including phenoxy) is 2. The summed E-state index contributed by atoms with van der Waals surface area (Å²) in [4.78, 5) is 25.7. The molecule has 1 heterocycles. The van der Waals surface area contributed by atoms with E-state index in [0.29, 0.717) is 24.5 Å². The summed E-state index contributed by atoms with van der Waals surface area (Å²) in [6.45, 7) is 5.08. The molecule has 0 bridgehead atoms. The molecule has 0 aromatic heterocycles. The average Bonchev–Trinajstić information content (AvgIpc) is 3.00. The van der Waals surface area contributed by atoms with Crippen LogP contribution in [0.5, 0.6) is 5.75 Å². The number of carboxylic acid groups (broad SMARTS) is 1. The Kier molecular flexibility index (Phi) is 5.60. The number of nitrogens with zero attached hydrogens (tertiary/aromatic N) is 1. The molecule has 1 saturated heterocycles. The lowest BCUT2D eigenvalue weighted by atomic mass is 10.1. The average molecular weight is 321 g/mol. The van der Waals surface area contributed by atoms with Crippen LogP contribution in [0.3, 0.4) is 0 Å². The molecule has 1 N–H and O–H groups in total. The second kappa shape index (κ2) is 7.46. The molecule has 126 valence electrons. The lowest BCUT2D eigenvalue weighted by molar-refractivity contribution is 0.0325. The maximum atomic E-state index is 12.8. The second-order valence-electron chi connectivity index (χ2n) is 5.93. The fourth-order valence-electron chi connectivity index (χ4n) is 2.71. The van der Waals surface area contributed by atoms with Crippen molar-refractivity contribution in [3.63, 3.8) is 0 Å². The van der Waals surface area contributed by atoms with Gasteiger partial charge in [0.2, 0.25) is 0 Å². The van der Waals surface area contributed by atoms with Gasteiger partial charge in [0.15, 0.2) is 0 Å². The van der Waals surface area contributed by atoms with Crippen LogP contribution in [0.25, 0.3) is 0 Å². The van der Waals surface area contributed by atoms with Crippen molar-refractivity contribution in [2.45, 2.75) is 38.8 Å². The molecule has 1 fully saturated rings. The largest absolute Gasteiger partial charge is 0.497 e. The first-order valence-electron chi connectivity index (χ1n) is 7.77. The van der Waals surface area contributed by atoms with Gasteiger partial charge in [0.05, 0.1) is 31.4 Å². The molecule has 1 amide bonds. The van der Waals surface area contributed by atoms with Crippen molar-refractivity contribution in [2.75, 3.05) is 20.3 Å². The van der Waals surface area contributed by atoms with Crippen LogP contribution in [0.1, 0.15) is 47.4 Å². The van der Waals surface area contributed by atoms with Gasteiger partial charge in [0.25, 0.3) is 5.91 Å². The molecule has 2 rings (SSSR count). The van der Waals surface area contributed by atoms with Gasteiger partial charge in [-0.15, -0.1) is 0 Å². The Morgan fingerprint density at radius 2 is 2.00 bits per heavy atom. The van der Waals surface area contributed by atoms with E-state index < -0.39 is 5.97 Å². The van der Waals surface area contributed by atoms with Crippen molar-refractivity contribution in [1.82, 2.24) is 4.90 Å². The van der Waals surface area contributed by atoms with Crippen LogP contribution in [0.15, 0.2) is 18.2 Å². The fraction of sp³-hybridized carbons (Fsp3) is 0.529. The van der Waals surface area contributed by atoms with Gasteiger partial charge < -0.3 is 19.5 Å². The smallest absolute Gasteiger partial charge is 0.335 e. The van der Waals surface area contributed by atoms with Crippen molar-refractivity contribution >= 4 is 11.9 Å². The Hall–Kier alpha value is -2.08. The number of benzene rings is 1. The molecule has 0 unspecified atom stereocenters. The van der Waals surface area contributed by atoms with E-state index in [4.69, 9.17) is 9.47 Å². The number of carbonyl (C=O) groups is 2. The molecule has 1 aliphatic heterocycles. The van der Waals surface area contributed by atoms with Crippen LogP contribution in [-0.4, -0.2) is 54.3 Å². The molecule has 0 spiro atoms. The number of aromatic carboxylic acids is 1. The topological polar surface area (TPSA) is 76.1 Å². The summed E-state index contributed by atoms with van der Waals surface area (Å²) in [6, 6.07) is 4.41. The molecule has 23 heavy (non-hydrogen) atoms. The van der Waals surface area contributed by atoms with E-state index in [1.807, 2.05) is 13.8 Å².